The highest BCUT2D eigenvalue weighted by atomic mass is 32.2. The van der Waals surface area contributed by atoms with Gasteiger partial charge in [0.05, 0.1) is 0 Å². The maximum absolute atomic E-state index is 12.2. The zero-order valence-corrected chi connectivity index (χ0v) is 13.5. The molecule has 1 rings (SSSR count). The van der Waals surface area contributed by atoms with Gasteiger partial charge in [0.25, 0.3) is 10.2 Å². The molecule has 0 radical (unpaired) electrons. The first-order valence-electron chi connectivity index (χ1n) is 6.73. The summed E-state index contributed by atoms with van der Waals surface area (Å²) in [5, 5.41) is 0. The topological polar surface area (TPSA) is 53.1 Å². The first-order chi connectivity index (χ1) is 8.80. The van der Waals surface area contributed by atoms with Gasteiger partial charge in [-0.15, -0.1) is 0 Å². The number of hydrogen-bond donors (Lipinski definition) is 0. The summed E-state index contributed by atoms with van der Waals surface area (Å²) < 4.78 is 32.2. The third kappa shape index (κ3) is 4.13. The van der Waals surface area contributed by atoms with E-state index in [2.05, 4.69) is 18.7 Å². The van der Waals surface area contributed by atoms with E-state index in [-0.39, 0.29) is 12.1 Å². The van der Waals surface area contributed by atoms with Gasteiger partial charge in [-0.1, -0.05) is 0 Å². The maximum Gasteiger partial charge on any atom is 0.281 e. The zero-order chi connectivity index (χ0) is 14.6. The van der Waals surface area contributed by atoms with Gasteiger partial charge in [0, 0.05) is 59.5 Å². The standard InChI is InChI=1S/C12H27N3O3S/c1-11-9-14(19(16,17)13(3)4)10-12(2)15(11)7-6-8-18-5/h11-12H,6-10H2,1-5H3. The van der Waals surface area contributed by atoms with Crippen LogP contribution >= 0.6 is 0 Å². The lowest BCUT2D eigenvalue weighted by atomic mass is 10.1. The van der Waals surface area contributed by atoms with Gasteiger partial charge < -0.3 is 4.74 Å². The van der Waals surface area contributed by atoms with Gasteiger partial charge in [-0.05, 0) is 20.3 Å². The molecule has 6 nitrogen and oxygen atoms in total. The number of piperazine rings is 1. The molecule has 1 aliphatic heterocycles. The van der Waals surface area contributed by atoms with Gasteiger partial charge in [0.15, 0.2) is 0 Å². The first kappa shape index (κ1) is 16.8. The number of nitrogens with zero attached hydrogens (tertiary/aromatic N) is 3. The van der Waals surface area contributed by atoms with Gasteiger partial charge in [0.1, 0.15) is 0 Å². The van der Waals surface area contributed by atoms with Crippen LogP contribution in [0.4, 0.5) is 0 Å². The molecule has 1 fully saturated rings. The Morgan fingerprint density at radius 1 is 1.21 bits per heavy atom. The van der Waals surface area contributed by atoms with E-state index in [1.165, 1.54) is 4.31 Å². The van der Waals surface area contributed by atoms with Crippen LogP contribution in [-0.2, 0) is 14.9 Å². The van der Waals surface area contributed by atoms with Crippen molar-refractivity contribution in [2.24, 2.45) is 0 Å². The van der Waals surface area contributed by atoms with Crippen LogP contribution in [0.5, 0.6) is 0 Å². The Bertz CT molecular complexity index is 360. The van der Waals surface area contributed by atoms with Crippen molar-refractivity contribution in [1.82, 2.24) is 13.5 Å². The van der Waals surface area contributed by atoms with Gasteiger partial charge in [0.2, 0.25) is 0 Å². The average molecular weight is 293 g/mol. The second kappa shape index (κ2) is 6.99. The lowest BCUT2D eigenvalue weighted by Gasteiger charge is -2.44. The molecular weight excluding hydrogens is 266 g/mol. The van der Waals surface area contributed by atoms with Crippen molar-refractivity contribution in [3.8, 4) is 0 Å². The molecule has 0 spiro atoms. The fourth-order valence-electron chi connectivity index (χ4n) is 2.56. The normalized spacial score (nSPS) is 27.1. The largest absolute Gasteiger partial charge is 0.385 e. The molecule has 0 aromatic rings. The van der Waals surface area contributed by atoms with Crippen molar-refractivity contribution in [1.29, 1.82) is 0 Å². The summed E-state index contributed by atoms with van der Waals surface area (Å²) in [7, 11) is 1.56. The van der Waals surface area contributed by atoms with E-state index in [4.69, 9.17) is 4.74 Å². The van der Waals surface area contributed by atoms with Crippen molar-refractivity contribution in [2.75, 3.05) is 47.4 Å². The molecule has 0 aromatic carbocycles. The molecule has 0 amide bonds. The van der Waals surface area contributed by atoms with Crippen LogP contribution in [0.3, 0.4) is 0 Å². The van der Waals surface area contributed by atoms with E-state index >= 15 is 0 Å². The number of rotatable bonds is 6. The highest BCUT2D eigenvalue weighted by Crippen LogP contribution is 2.19. The Morgan fingerprint density at radius 3 is 2.16 bits per heavy atom. The summed E-state index contributed by atoms with van der Waals surface area (Å²) in [5.74, 6) is 0. The van der Waals surface area contributed by atoms with Crippen molar-refractivity contribution >= 4 is 10.2 Å². The molecule has 1 heterocycles. The molecule has 1 saturated heterocycles. The molecule has 7 heteroatoms. The maximum atomic E-state index is 12.2. The molecule has 0 aliphatic carbocycles. The molecule has 0 N–H and O–H groups in total. The van der Waals surface area contributed by atoms with E-state index in [0.717, 1.165) is 19.6 Å². The predicted octanol–water partition coefficient (Wildman–Crippen LogP) is 0.224. The van der Waals surface area contributed by atoms with Crippen LogP contribution in [0.1, 0.15) is 20.3 Å². The smallest absolute Gasteiger partial charge is 0.281 e. The van der Waals surface area contributed by atoms with Crippen LogP contribution in [0, 0.1) is 0 Å². The molecule has 114 valence electrons. The predicted molar refractivity (Wildman–Crippen MR) is 76.3 cm³/mol. The molecule has 2 atom stereocenters. The van der Waals surface area contributed by atoms with Crippen molar-refractivity contribution in [2.45, 2.75) is 32.4 Å². The Balaban J connectivity index is 2.66. The quantitative estimate of drug-likeness (QED) is 0.658. The Morgan fingerprint density at radius 2 is 1.74 bits per heavy atom. The van der Waals surface area contributed by atoms with Gasteiger partial charge in [-0.2, -0.15) is 17.0 Å². The van der Waals surface area contributed by atoms with Crippen molar-refractivity contribution < 1.29 is 13.2 Å². The average Bonchev–Trinajstić information content (AvgIpc) is 2.32. The van der Waals surface area contributed by atoms with Crippen LogP contribution in [0.25, 0.3) is 0 Å². The van der Waals surface area contributed by atoms with E-state index in [9.17, 15) is 8.42 Å². The number of methoxy groups -OCH3 is 1. The Kier molecular flexibility index (Phi) is 6.19. The molecular formula is C12H27N3O3S. The second-order valence-electron chi connectivity index (χ2n) is 5.39. The summed E-state index contributed by atoms with van der Waals surface area (Å²) in [6.07, 6.45) is 0.978. The highest BCUT2D eigenvalue weighted by molar-refractivity contribution is 7.86. The van der Waals surface area contributed by atoms with Gasteiger partial charge >= 0.3 is 0 Å². The Labute approximate surface area is 117 Å². The molecule has 0 bridgehead atoms. The van der Waals surface area contributed by atoms with Crippen LogP contribution in [-0.4, -0.2) is 81.5 Å². The molecule has 0 saturated carbocycles. The van der Waals surface area contributed by atoms with Gasteiger partial charge in [-0.3, -0.25) is 4.90 Å². The summed E-state index contributed by atoms with van der Waals surface area (Å²) in [6.45, 7) is 6.97. The van der Waals surface area contributed by atoms with E-state index in [1.54, 1.807) is 25.5 Å². The van der Waals surface area contributed by atoms with Crippen molar-refractivity contribution in [3.63, 3.8) is 0 Å². The monoisotopic (exact) mass is 293 g/mol. The van der Waals surface area contributed by atoms with Crippen molar-refractivity contribution in [3.05, 3.63) is 0 Å². The summed E-state index contributed by atoms with van der Waals surface area (Å²) in [4.78, 5) is 2.36. The molecule has 19 heavy (non-hydrogen) atoms. The van der Waals surface area contributed by atoms with Gasteiger partial charge in [-0.25, -0.2) is 0 Å². The third-order valence-electron chi connectivity index (χ3n) is 3.62. The fourth-order valence-corrected chi connectivity index (χ4v) is 3.83. The first-order valence-corrected chi connectivity index (χ1v) is 8.12. The lowest BCUT2D eigenvalue weighted by molar-refractivity contribution is 0.0647. The number of hydrogen-bond acceptors (Lipinski definition) is 4. The minimum Gasteiger partial charge on any atom is -0.385 e. The minimum absolute atomic E-state index is 0.232. The summed E-state index contributed by atoms with van der Waals surface area (Å²) in [5.41, 5.74) is 0. The molecule has 0 aromatic heterocycles. The molecule has 2 unspecified atom stereocenters. The van der Waals surface area contributed by atoms with Crippen LogP contribution < -0.4 is 0 Å². The van der Waals surface area contributed by atoms with Crippen LogP contribution in [0.2, 0.25) is 0 Å². The lowest BCUT2D eigenvalue weighted by Crippen LogP contribution is -2.59. The van der Waals surface area contributed by atoms with E-state index in [0.29, 0.717) is 13.1 Å². The van der Waals surface area contributed by atoms with E-state index < -0.39 is 10.2 Å². The number of ether oxygens (including phenoxy) is 1. The minimum atomic E-state index is -3.30. The van der Waals surface area contributed by atoms with E-state index in [1.807, 2.05) is 0 Å². The molecule has 1 aliphatic rings. The third-order valence-corrected chi connectivity index (χ3v) is 5.49. The Hall–Kier alpha value is -0.210. The van der Waals surface area contributed by atoms with Crippen LogP contribution in [0.15, 0.2) is 0 Å². The summed E-state index contributed by atoms with van der Waals surface area (Å²) in [6, 6.07) is 0.464. The highest BCUT2D eigenvalue weighted by Gasteiger charge is 2.35. The second-order valence-corrected chi connectivity index (χ2v) is 7.53. The zero-order valence-electron chi connectivity index (χ0n) is 12.7. The fraction of sp³-hybridized carbons (Fsp3) is 1.00. The SMILES string of the molecule is COCCCN1C(C)CN(S(=O)(=O)N(C)C)CC1C. The summed E-state index contributed by atoms with van der Waals surface area (Å²) >= 11 is 0.